The van der Waals surface area contributed by atoms with Gasteiger partial charge in [-0.1, -0.05) is 13.8 Å². The van der Waals surface area contributed by atoms with Gasteiger partial charge in [-0.2, -0.15) is 0 Å². The molecule has 3 atom stereocenters. The lowest BCUT2D eigenvalue weighted by Crippen LogP contribution is -2.76. The van der Waals surface area contributed by atoms with E-state index < -0.39 is 17.1 Å². The van der Waals surface area contributed by atoms with E-state index in [1.54, 1.807) is 0 Å². The van der Waals surface area contributed by atoms with Crippen LogP contribution >= 0.6 is 0 Å². The van der Waals surface area contributed by atoms with Gasteiger partial charge in [-0.05, 0) is 6.92 Å². The third kappa shape index (κ3) is 3.08. The van der Waals surface area contributed by atoms with Crippen molar-refractivity contribution in [3.05, 3.63) is 0 Å². The molecule has 0 bridgehead atoms. The van der Waals surface area contributed by atoms with Crippen molar-refractivity contribution in [2.45, 2.75) is 44.9 Å². The van der Waals surface area contributed by atoms with Crippen molar-refractivity contribution in [2.75, 3.05) is 26.9 Å². The molecule has 0 aliphatic heterocycles. The van der Waals surface area contributed by atoms with Gasteiger partial charge in [0, 0.05) is 32.1 Å². The maximum Gasteiger partial charge on any atom is 0.240 e. The van der Waals surface area contributed by atoms with Crippen molar-refractivity contribution in [1.29, 1.82) is 0 Å². The van der Waals surface area contributed by atoms with Gasteiger partial charge in [-0.15, -0.1) is 0 Å². The van der Waals surface area contributed by atoms with Crippen LogP contribution in [0.1, 0.15) is 27.2 Å². The number of aliphatic hydroxyl groups excluding tert-OH is 1. The van der Waals surface area contributed by atoms with Crippen LogP contribution in [0.4, 0.5) is 0 Å². The molecule has 0 radical (unpaired) electrons. The number of nitrogens with one attached hydrogen (secondary N) is 1. The lowest BCUT2D eigenvalue weighted by atomic mass is 9.54. The van der Waals surface area contributed by atoms with Crippen LogP contribution in [0.15, 0.2) is 0 Å². The monoisotopic (exact) mass is 274 g/mol. The largest absolute Gasteiger partial charge is 0.389 e. The number of amides is 1. The fourth-order valence-corrected chi connectivity index (χ4v) is 2.44. The zero-order valence-corrected chi connectivity index (χ0v) is 12.2. The number of ether oxygens (including phenoxy) is 2. The Balaban J connectivity index is 2.53. The molecule has 0 aromatic carbocycles. The number of carbonyl (C=O) groups is 1. The summed E-state index contributed by atoms with van der Waals surface area (Å²) in [4.78, 5) is 12.2. The van der Waals surface area contributed by atoms with E-state index in [0.717, 1.165) is 0 Å². The first-order valence-corrected chi connectivity index (χ1v) is 6.65. The van der Waals surface area contributed by atoms with Gasteiger partial charge in [0.1, 0.15) is 5.54 Å². The number of aliphatic hydroxyl groups is 1. The van der Waals surface area contributed by atoms with E-state index in [0.29, 0.717) is 13.0 Å². The third-order valence-corrected chi connectivity index (χ3v) is 4.09. The molecule has 6 nitrogen and oxygen atoms in total. The van der Waals surface area contributed by atoms with Crippen molar-refractivity contribution >= 4 is 5.91 Å². The highest BCUT2D eigenvalue weighted by Crippen LogP contribution is 2.49. The van der Waals surface area contributed by atoms with Crippen LogP contribution in [0.3, 0.4) is 0 Å². The Hall–Kier alpha value is -0.690. The minimum atomic E-state index is -0.945. The van der Waals surface area contributed by atoms with E-state index in [1.165, 1.54) is 7.11 Å². The van der Waals surface area contributed by atoms with Crippen molar-refractivity contribution in [3.8, 4) is 0 Å². The summed E-state index contributed by atoms with van der Waals surface area (Å²) in [6.07, 6.45) is -0.222. The van der Waals surface area contributed by atoms with Crippen LogP contribution < -0.4 is 11.1 Å². The van der Waals surface area contributed by atoms with Gasteiger partial charge in [-0.3, -0.25) is 4.79 Å². The predicted octanol–water partition coefficient (Wildman–Crippen LogP) is -0.358. The molecule has 112 valence electrons. The number of hydrogen-bond donors (Lipinski definition) is 3. The number of hydrogen-bond acceptors (Lipinski definition) is 5. The Morgan fingerprint density at radius 2 is 2.21 bits per heavy atom. The quantitative estimate of drug-likeness (QED) is 0.589. The van der Waals surface area contributed by atoms with Gasteiger partial charge in [0.25, 0.3) is 0 Å². The first-order valence-electron chi connectivity index (χ1n) is 6.65. The molecular formula is C13H26N2O4. The van der Waals surface area contributed by atoms with Gasteiger partial charge in [-0.25, -0.2) is 0 Å². The number of carbonyl (C=O) groups excluding carboxylic acids is 1. The Morgan fingerprint density at radius 3 is 2.68 bits per heavy atom. The Bertz CT molecular complexity index is 322. The van der Waals surface area contributed by atoms with Crippen LogP contribution in [0, 0.1) is 5.41 Å². The van der Waals surface area contributed by atoms with Crippen LogP contribution in [-0.2, 0) is 14.3 Å². The summed E-state index contributed by atoms with van der Waals surface area (Å²) < 4.78 is 10.4. The second-order valence-corrected chi connectivity index (χ2v) is 5.66. The highest BCUT2D eigenvalue weighted by atomic mass is 16.5. The Kier molecular flexibility index (Phi) is 5.32. The predicted molar refractivity (Wildman–Crippen MR) is 71.6 cm³/mol. The molecule has 6 heteroatoms. The van der Waals surface area contributed by atoms with Gasteiger partial charge in [0.05, 0.1) is 18.8 Å². The number of methoxy groups -OCH3 is 1. The van der Waals surface area contributed by atoms with E-state index in [2.05, 4.69) is 5.32 Å². The summed E-state index contributed by atoms with van der Waals surface area (Å²) in [5, 5.41) is 12.2. The zero-order chi connectivity index (χ0) is 14.7. The topological polar surface area (TPSA) is 93.8 Å². The van der Waals surface area contributed by atoms with E-state index >= 15 is 0 Å². The van der Waals surface area contributed by atoms with Gasteiger partial charge in [0.15, 0.2) is 0 Å². The second kappa shape index (κ2) is 6.17. The van der Waals surface area contributed by atoms with Crippen LogP contribution in [0.5, 0.6) is 0 Å². The zero-order valence-electron chi connectivity index (χ0n) is 12.2. The molecule has 1 saturated carbocycles. The first-order chi connectivity index (χ1) is 8.79. The van der Waals surface area contributed by atoms with Crippen molar-refractivity contribution in [1.82, 2.24) is 5.32 Å². The molecule has 1 fully saturated rings. The van der Waals surface area contributed by atoms with E-state index in [-0.39, 0.29) is 25.2 Å². The van der Waals surface area contributed by atoms with E-state index in [9.17, 15) is 9.90 Å². The molecule has 3 unspecified atom stereocenters. The standard InChI is InChI=1S/C13H26N2O4/c1-5-19-10-6-13(14,12(10,2)3)11(17)15-7-9(16)8-18-4/h9-10,16H,5-8,14H2,1-4H3,(H,15,17). The maximum absolute atomic E-state index is 12.2. The Morgan fingerprint density at radius 1 is 1.58 bits per heavy atom. The van der Waals surface area contributed by atoms with Crippen LogP contribution in [-0.4, -0.2) is 55.6 Å². The van der Waals surface area contributed by atoms with Crippen molar-refractivity contribution < 1.29 is 19.4 Å². The molecule has 1 amide bonds. The van der Waals surface area contributed by atoms with Gasteiger partial charge >= 0.3 is 0 Å². The highest BCUT2D eigenvalue weighted by molar-refractivity contribution is 5.88. The SMILES string of the molecule is CCOC1CC(N)(C(=O)NCC(O)COC)C1(C)C. The normalized spacial score (nSPS) is 30.5. The molecule has 0 saturated heterocycles. The third-order valence-electron chi connectivity index (χ3n) is 4.09. The van der Waals surface area contributed by atoms with Gasteiger partial charge < -0.3 is 25.6 Å². The molecule has 4 N–H and O–H groups in total. The summed E-state index contributed by atoms with van der Waals surface area (Å²) in [6, 6.07) is 0. The lowest BCUT2D eigenvalue weighted by Gasteiger charge is -2.57. The van der Waals surface area contributed by atoms with Crippen LogP contribution in [0.2, 0.25) is 0 Å². The minimum absolute atomic E-state index is 0.00264. The summed E-state index contributed by atoms with van der Waals surface area (Å²) in [6.45, 7) is 6.72. The number of nitrogens with two attached hydrogens (primary N) is 1. The summed E-state index contributed by atoms with van der Waals surface area (Å²) in [7, 11) is 1.50. The molecule has 1 aliphatic rings. The molecule has 0 heterocycles. The fraction of sp³-hybridized carbons (Fsp3) is 0.923. The molecule has 0 aromatic rings. The summed E-state index contributed by atoms with van der Waals surface area (Å²) >= 11 is 0. The Labute approximate surface area is 114 Å². The highest BCUT2D eigenvalue weighted by Gasteiger charge is 2.62. The lowest BCUT2D eigenvalue weighted by molar-refractivity contribution is -0.171. The number of rotatable bonds is 7. The van der Waals surface area contributed by atoms with Crippen molar-refractivity contribution in [3.63, 3.8) is 0 Å². The smallest absolute Gasteiger partial charge is 0.240 e. The molecule has 19 heavy (non-hydrogen) atoms. The maximum atomic E-state index is 12.2. The molecule has 0 aromatic heterocycles. The molecular weight excluding hydrogens is 248 g/mol. The van der Waals surface area contributed by atoms with Crippen molar-refractivity contribution in [2.24, 2.45) is 11.1 Å². The van der Waals surface area contributed by atoms with E-state index in [4.69, 9.17) is 15.2 Å². The average molecular weight is 274 g/mol. The first kappa shape index (κ1) is 16.4. The average Bonchev–Trinajstić information content (AvgIpc) is 2.35. The summed E-state index contributed by atoms with van der Waals surface area (Å²) in [5.74, 6) is -0.247. The molecule has 1 rings (SSSR count). The van der Waals surface area contributed by atoms with Crippen LogP contribution in [0.25, 0.3) is 0 Å². The second-order valence-electron chi connectivity index (χ2n) is 5.66. The van der Waals surface area contributed by atoms with E-state index in [1.807, 2.05) is 20.8 Å². The molecule has 1 aliphatic carbocycles. The van der Waals surface area contributed by atoms with Gasteiger partial charge in [0.2, 0.25) is 5.91 Å². The molecule has 0 spiro atoms. The summed E-state index contributed by atoms with van der Waals surface area (Å²) in [5.41, 5.74) is 4.84. The fourth-order valence-electron chi connectivity index (χ4n) is 2.44. The minimum Gasteiger partial charge on any atom is -0.389 e.